The van der Waals surface area contributed by atoms with E-state index in [1.165, 1.54) is 24.3 Å². The number of carbonyl (C=O) groups is 5. The summed E-state index contributed by atoms with van der Waals surface area (Å²) in [7, 11) is 0. The number of benzene rings is 3. The highest BCUT2D eigenvalue weighted by atomic mass is 19.1. The first-order chi connectivity index (χ1) is 26.3. The molecule has 0 fully saturated rings. The van der Waals surface area contributed by atoms with Gasteiger partial charge in [-0.15, -0.1) is 0 Å². The van der Waals surface area contributed by atoms with Crippen molar-refractivity contribution < 1.29 is 51.7 Å². The lowest BCUT2D eigenvalue weighted by molar-refractivity contribution is -0.157. The first-order valence-corrected chi connectivity index (χ1v) is 18.2. The van der Waals surface area contributed by atoms with Gasteiger partial charge in [0.05, 0.1) is 19.3 Å². The lowest BCUT2D eigenvalue weighted by Gasteiger charge is -2.28. The minimum Gasteiger partial charge on any atom is -0.450 e. The Morgan fingerprint density at radius 1 is 0.786 bits per heavy atom. The van der Waals surface area contributed by atoms with Crippen LogP contribution >= 0.6 is 0 Å². The summed E-state index contributed by atoms with van der Waals surface area (Å²) in [5.74, 6) is -3.50. The summed E-state index contributed by atoms with van der Waals surface area (Å²) in [5.41, 5.74) is -0.685. The average molecular weight is 783 g/mol. The maximum absolute atomic E-state index is 14.5. The summed E-state index contributed by atoms with van der Waals surface area (Å²) in [4.78, 5) is 65.5. The zero-order valence-corrected chi connectivity index (χ0v) is 32.8. The molecule has 3 atom stereocenters. The molecule has 0 saturated heterocycles. The standard InChI is InChI=1S/C41H52F2N4O9/c1-8-13-34(48)54-35(33(47-39(52)56-41(5,6)7)25-53-24-26-14-10-9-11-15-26)37(50)45-30-17-12-16-27(21-30)36(49)44-23-31(46-38(51)55-40(2,3)4)22-28-20-29(42)18-19-32(28)43/h9-12,14-21,31,33,35H,8,13,22-25H2,1-7H3,(H,44,49)(H,45,50)(H,46,51)(H,47,52)/t31?,33?,35-/m0/s1. The summed E-state index contributed by atoms with van der Waals surface area (Å²) in [5, 5.41) is 10.5. The van der Waals surface area contributed by atoms with Crippen molar-refractivity contribution in [1.29, 1.82) is 0 Å². The maximum atomic E-state index is 14.5. The average Bonchev–Trinajstić information content (AvgIpc) is 3.09. The number of amides is 4. The molecule has 4 amide bonds. The van der Waals surface area contributed by atoms with E-state index in [1.807, 2.05) is 30.3 Å². The third-order valence-corrected chi connectivity index (χ3v) is 7.54. The predicted octanol–water partition coefficient (Wildman–Crippen LogP) is 6.59. The van der Waals surface area contributed by atoms with Gasteiger partial charge in [0.1, 0.15) is 28.9 Å². The van der Waals surface area contributed by atoms with Crippen molar-refractivity contribution in [2.24, 2.45) is 0 Å². The minimum atomic E-state index is -1.59. The van der Waals surface area contributed by atoms with Crippen molar-refractivity contribution in [2.75, 3.05) is 18.5 Å². The van der Waals surface area contributed by atoms with Gasteiger partial charge >= 0.3 is 18.2 Å². The number of esters is 1. The highest BCUT2D eigenvalue weighted by Crippen LogP contribution is 2.17. The van der Waals surface area contributed by atoms with Gasteiger partial charge < -0.3 is 40.2 Å². The van der Waals surface area contributed by atoms with Gasteiger partial charge in [0.2, 0.25) is 6.10 Å². The van der Waals surface area contributed by atoms with Crippen LogP contribution in [-0.4, -0.2) is 72.5 Å². The minimum absolute atomic E-state index is 0.000894. The van der Waals surface area contributed by atoms with Gasteiger partial charge in [0.15, 0.2) is 0 Å². The van der Waals surface area contributed by atoms with Crippen molar-refractivity contribution in [3.63, 3.8) is 0 Å². The molecule has 0 spiro atoms. The maximum Gasteiger partial charge on any atom is 0.408 e. The van der Waals surface area contributed by atoms with E-state index in [0.717, 1.165) is 23.8 Å². The van der Waals surface area contributed by atoms with Crippen LogP contribution in [0.15, 0.2) is 72.8 Å². The van der Waals surface area contributed by atoms with Gasteiger partial charge in [-0.2, -0.15) is 0 Å². The fourth-order valence-corrected chi connectivity index (χ4v) is 5.15. The lowest BCUT2D eigenvalue weighted by Crippen LogP contribution is -2.54. The number of alkyl carbamates (subject to hydrolysis) is 2. The molecule has 15 heteroatoms. The van der Waals surface area contributed by atoms with Gasteiger partial charge in [-0.3, -0.25) is 14.4 Å². The highest BCUT2D eigenvalue weighted by molar-refractivity contribution is 5.99. The molecular weight excluding hydrogens is 730 g/mol. The highest BCUT2D eigenvalue weighted by Gasteiger charge is 2.35. The first-order valence-electron chi connectivity index (χ1n) is 18.2. The van der Waals surface area contributed by atoms with Crippen LogP contribution in [0.25, 0.3) is 0 Å². The molecule has 0 saturated carbocycles. The molecular formula is C41H52F2N4O9. The monoisotopic (exact) mass is 782 g/mol. The van der Waals surface area contributed by atoms with Crippen molar-refractivity contribution in [1.82, 2.24) is 16.0 Å². The van der Waals surface area contributed by atoms with E-state index in [1.54, 1.807) is 48.5 Å². The summed E-state index contributed by atoms with van der Waals surface area (Å²) >= 11 is 0. The summed E-state index contributed by atoms with van der Waals surface area (Å²) < 4.78 is 50.7. The van der Waals surface area contributed by atoms with Crippen molar-refractivity contribution in [2.45, 2.75) is 104 Å². The van der Waals surface area contributed by atoms with Gasteiger partial charge in [-0.05, 0) is 102 Å². The van der Waals surface area contributed by atoms with E-state index in [9.17, 15) is 32.8 Å². The second-order valence-electron chi connectivity index (χ2n) is 15.0. The fourth-order valence-electron chi connectivity index (χ4n) is 5.15. The predicted molar refractivity (Wildman–Crippen MR) is 205 cm³/mol. The molecule has 0 bridgehead atoms. The Kier molecular flexibility index (Phi) is 16.8. The Balaban J connectivity index is 1.81. The van der Waals surface area contributed by atoms with E-state index >= 15 is 0 Å². The van der Waals surface area contributed by atoms with Gasteiger partial charge in [0, 0.05) is 24.2 Å². The first kappa shape index (κ1) is 44.8. The molecule has 0 aliphatic carbocycles. The Morgan fingerprint density at radius 3 is 2.09 bits per heavy atom. The number of carbonyl (C=O) groups excluding carboxylic acids is 5. The van der Waals surface area contributed by atoms with Crippen LogP contribution in [0.4, 0.5) is 24.1 Å². The van der Waals surface area contributed by atoms with Crippen LogP contribution in [0.2, 0.25) is 0 Å². The molecule has 13 nitrogen and oxygen atoms in total. The van der Waals surface area contributed by atoms with E-state index in [2.05, 4.69) is 21.3 Å². The second-order valence-corrected chi connectivity index (χ2v) is 15.0. The number of anilines is 1. The van der Waals surface area contributed by atoms with Crippen LogP contribution in [-0.2, 0) is 41.6 Å². The number of ether oxygens (including phenoxy) is 4. The Hall–Kier alpha value is -5.57. The largest absolute Gasteiger partial charge is 0.450 e. The molecule has 3 aromatic carbocycles. The zero-order valence-electron chi connectivity index (χ0n) is 32.8. The van der Waals surface area contributed by atoms with Crippen LogP contribution in [0.5, 0.6) is 0 Å². The van der Waals surface area contributed by atoms with Gasteiger partial charge in [0.25, 0.3) is 11.8 Å². The molecule has 3 rings (SSSR count). The molecule has 4 N–H and O–H groups in total. The molecule has 0 aliphatic heterocycles. The van der Waals surface area contributed by atoms with Crippen molar-refractivity contribution in [3.05, 3.63) is 101 Å². The number of rotatable bonds is 17. The van der Waals surface area contributed by atoms with E-state index < -0.39 is 71.0 Å². The third kappa shape index (κ3) is 16.4. The quantitative estimate of drug-likeness (QED) is 0.0872. The SMILES string of the molecule is CCCC(=O)O[C@H](C(=O)Nc1cccc(C(=O)NCC(Cc2cc(F)ccc2F)NC(=O)OC(C)(C)C)c1)C(COCc1ccccc1)NC(=O)OC(C)(C)C. The van der Waals surface area contributed by atoms with Crippen molar-refractivity contribution in [3.8, 4) is 0 Å². The van der Waals surface area contributed by atoms with Gasteiger partial charge in [-0.25, -0.2) is 18.4 Å². The van der Waals surface area contributed by atoms with E-state index in [-0.39, 0.29) is 49.4 Å². The molecule has 56 heavy (non-hydrogen) atoms. The Bertz CT molecular complexity index is 1800. The normalized spacial score (nSPS) is 13.0. The number of nitrogens with one attached hydrogen (secondary N) is 4. The molecule has 0 aliphatic rings. The van der Waals surface area contributed by atoms with Crippen LogP contribution in [0, 0.1) is 11.6 Å². The fraction of sp³-hybridized carbons (Fsp3) is 0.439. The topological polar surface area (TPSA) is 170 Å². The number of halogens is 2. The molecule has 0 aromatic heterocycles. The molecule has 304 valence electrons. The molecule has 3 aromatic rings. The van der Waals surface area contributed by atoms with E-state index in [0.29, 0.717) is 6.42 Å². The number of hydrogen-bond donors (Lipinski definition) is 4. The summed E-state index contributed by atoms with van der Waals surface area (Å²) in [6, 6.07) is 15.9. The van der Waals surface area contributed by atoms with Crippen molar-refractivity contribution >= 4 is 35.7 Å². The molecule has 2 unspecified atom stereocenters. The smallest absolute Gasteiger partial charge is 0.408 e. The van der Waals surface area contributed by atoms with E-state index in [4.69, 9.17) is 18.9 Å². The third-order valence-electron chi connectivity index (χ3n) is 7.54. The number of hydrogen-bond acceptors (Lipinski definition) is 9. The Morgan fingerprint density at radius 2 is 1.45 bits per heavy atom. The Labute approximate surface area is 326 Å². The molecule has 0 heterocycles. The molecule has 0 radical (unpaired) electrons. The summed E-state index contributed by atoms with van der Waals surface area (Å²) in [6.07, 6.45) is -3.02. The lowest BCUT2D eigenvalue weighted by atomic mass is 10.0. The van der Waals surface area contributed by atoms with Crippen LogP contribution in [0.1, 0.15) is 82.8 Å². The zero-order chi connectivity index (χ0) is 41.5. The van der Waals surface area contributed by atoms with Gasteiger partial charge in [-0.1, -0.05) is 43.3 Å². The van der Waals surface area contributed by atoms with Crippen LogP contribution < -0.4 is 21.3 Å². The second kappa shape index (κ2) is 20.9. The van der Waals surface area contributed by atoms with Crippen LogP contribution in [0.3, 0.4) is 0 Å². The summed E-state index contributed by atoms with van der Waals surface area (Å²) in [6.45, 7) is 11.4.